The lowest BCUT2D eigenvalue weighted by atomic mass is 9.85. The molecular formula is C17H31N3O4. The molecule has 138 valence electrons. The van der Waals surface area contributed by atoms with Gasteiger partial charge in [0.25, 0.3) is 0 Å². The van der Waals surface area contributed by atoms with Crippen LogP contribution in [0.1, 0.15) is 46.0 Å². The highest BCUT2D eigenvalue weighted by Gasteiger charge is 2.37. The first-order chi connectivity index (χ1) is 11.5. The second-order valence-electron chi connectivity index (χ2n) is 6.83. The molecule has 2 aliphatic rings. The number of ether oxygens (including phenoxy) is 1. The summed E-state index contributed by atoms with van der Waals surface area (Å²) in [5.74, 6) is -0.796. The van der Waals surface area contributed by atoms with Gasteiger partial charge in [-0.1, -0.05) is 26.7 Å². The minimum Gasteiger partial charge on any atom is -0.480 e. The Morgan fingerprint density at radius 3 is 2.54 bits per heavy atom. The van der Waals surface area contributed by atoms with E-state index >= 15 is 0 Å². The molecule has 1 saturated heterocycles. The number of carboxylic acids is 1. The van der Waals surface area contributed by atoms with Crippen molar-refractivity contribution in [3.63, 3.8) is 0 Å². The summed E-state index contributed by atoms with van der Waals surface area (Å²) in [6, 6.07) is 0.408. The number of likely N-dealkylation sites (N-methyl/N-ethyl adjacent to an activating group) is 1. The normalized spacial score (nSPS) is 23.7. The Kier molecular flexibility index (Phi) is 7.30. The van der Waals surface area contributed by atoms with Gasteiger partial charge in [-0.15, -0.1) is 0 Å². The quantitative estimate of drug-likeness (QED) is 0.589. The fourth-order valence-corrected chi connectivity index (χ4v) is 3.25. The van der Waals surface area contributed by atoms with Gasteiger partial charge >= 0.3 is 12.0 Å². The average molecular weight is 341 g/mol. The van der Waals surface area contributed by atoms with E-state index in [0.29, 0.717) is 13.1 Å². The Morgan fingerprint density at radius 2 is 1.96 bits per heavy atom. The van der Waals surface area contributed by atoms with E-state index in [4.69, 9.17) is 9.84 Å². The lowest BCUT2D eigenvalue weighted by molar-refractivity contribution is -0.139. The summed E-state index contributed by atoms with van der Waals surface area (Å²) in [6.45, 7) is 7.07. The molecule has 2 rings (SSSR count). The number of nitrogens with one attached hydrogen (secondary N) is 1. The van der Waals surface area contributed by atoms with E-state index in [1.165, 1.54) is 12.8 Å². The minimum atomic E-state index is -0.796. The second-order valence-corrected chi connectivity index (χ2v) is 6.83. The highest BCUT2D eigenvalue weighted by Crippen LogP contribution is 2.26. The zero-order chi connectivity index (χ0) is 17.5. The summed E-state index contributed by atoms with van der Waals surface area (Å²) in [4.78, 5) is 26.7. The topological polar surface area (TPSA) is 82.1 Å². The third kappa shape index (κ3) is 5.34. The van der Waals surface area contributed by atoms with Crippen molar-refractivity contribution in [3.05, 3.63) is 0 Å². The molecule has 0 atom stereocenters. The van der Waals surface area contributed by atoms with Crippen molar-refractivity contribution < 1.29 is 19.4 Å². The number of carbonyl (C=O) groups excluding carboxylic acids is 1. The summed E-state index contributed by atoms with van der Waals surface area (Å²) in [5.41, 5.74) is 0. The van der Waals surface area contributed by atoms with Gasteiger partial charge in [0.1, 0.15) is 0 Å². The van der Waals surface area contributed by atoms with Gasteiger partial charge in [0.15, 0.2) is 0 Å². The van der Waals surface area contributed by atoms with E-state index in [1.807, 2.05) is 11.8 Å². The van der Waals surface area contributed by atoms with Gasteiger partial charge in [-0.05, 0) is 25.8 Å². The van der Waals surface area contributed by atoms with Gasteiger partial charge in [-0.3, -0.25) is 9.69 Å². The Bertz CT molecular complexity index is 420. The van der Waals surface area contributed by atoms with Crippen LogP contribution in [-0.4, -0.2) is 77.9 Å². The van der Waals surface area contributed by atoms with Crippen LogP contribution in [0.25, 0.3) is 0 Å². The van der Waals surface area contributed by atoms with Crippen molar-refractivity contribution in [2.24, 2.45) is 0 Å². The number of aliphatic carboxylic acids is 1. The summed E-state index contributed by atoms with van der Waals surface area (Å²) >= 11 is 0. The van der Waals surface area contributed by atoms with E-state index in [1.54, 1.807) is 4.90 Å². The summed E-state index contributed by atoms with van der Waals surface area (Å²) in [7, 11) is 0. The average Bonchev–Trinajstić information content (AvgIpc) is 2.46. The largest absolute Gasteiger partial charge is 0.480 e. The maximum absolute atomic E-state index is 12.1. The predicted molar refractivity (Wildman–Crippen MR) is 91.1 cm³/mol. The molecule has 0 spiro atoms. The van der Waals surface area contributed by atoms with Crippen LogP contribution in [0.15, 0.2) is 0 Å². The number of nitrogens with zero attached hydrogens (tertiary/aromatic N) is 2. The lowest BCUT2D eigenvalue weighted by Gasteiger charge is -2.44. The van der Waals surface area contributed by atoms with Crippen LogP contribution in [0, 0.1) is 0 Å². The van der Waals surface area contributed by atoms with Crippen molar-refractivity contribution in [2.75, 3.05) is 32.8 Å². The molecule has 2 N–H and O–H groups in total. The zero-order valence-electron chi connectivity index (χ0n) is 14.9. The molecular weight excluding hydrogens is 310 g/mol. The molecule has 0 bridgehead atoms. The first kappa shape index (κ1) is 19.0. The van der Waals surface area contributed by atoms with Gasteiger partial charge in [-0.2, -0.15) is 0 Å². The van der Waals surface area contributed by atoms with E-state index in [9.17, 15) is 9.59 Å². The van der Waals surface area contributed by atoms with Gasteiger partial charge in [0.2, 0.25) is 0 Å². The molecule has 1 heterocycles. The molecule has 7 nitrogen and oxygen atoms in total. The molecule has 2 amide bonds. The van der Waals surface area contributed by atoms with Crippen LogP contribution in [0.4, 0.5) is 4.79 Å². The van der Waals surface area contributed by atoms with Crippen molar-refractivity contribution in [2.45, 2.75) is 64.1 Å². The maximum atomic E-state index is 12.1. The van der Waals surface area contributed by atoms with E-state index in [-0.39, 0.29) is 30.8 Å². The highest BCUT2D eigenvalue weighted by molar-refractivity contribution is 5.75. The van der Waals surface area contributed by atoms with Crippen molar-refractivity contribution in [3.8, 4) is 0 Å². The number of hydrogen-bond acceptors (Lipinski definition) is 4. The minimum absolute atomic E-state index is 0.0202. The standard InChI is InChI=1S/C17H31N3O4/c1-3-5-6-7-24-15-10-20(11-15)17(23)18-13-8-14(9-13)19(4-2)12-16(21)22/h13-15H,3-12H2,1-2H3,(H,18,23)(H,21,22). The smallest absolute Gasteiger partial charge is 0.317 e. The number of likely N-dealkylation sites (tertiary alicyclic amines) is 1. The molecule has 0 aromatic carbocycles. The van der Waals surface area contributed by atoms with Gasteiger partial charge < -0.3 is 20.1 Å². The van der Waals surface area contributed by atoms with Crippen LogP contribution in [0.3, 0.4) is 0 Å². The lowest BCUT2D eigenvalue weighted by Crippen LogP contribution is -2.62. The molecule has 0 radical (unpaired) electrons. The number of amides is 2. The van der Waals surface area contributed by atoms with E-state index in [0.717, 1.165) is 32.4 Å². The second kappa shape index (κ2) is 9.22. The summed E-state index contributed by atoms with van der Waals surface area (Å²) < 4.78 is 5.72. The zero-order valence-corrected chi connectivity index (χ0v) is 14.9. The SMILES string of the molecule is CCCCCOC1CN(C(=O)NC2CC(N(CC)CC(=O)O)C2)C1. The number of carbonyl (C=O) groups is 2. The third-order valence-corrected chi connectivity index (χ3v) is 4.94. The molecule has 1 saturated carbocycles. The third-order valence-electron chi connectivity index (χ3n) is 4.94. The molecule has 2 fully saturated rings. The van der Waals surface area contributed by atoms with Crippen LogP contribution >= 0.6 is 0 Å². The summed E-state index contributed by atoms with van der Waals surface area (Å²) in [5, 5.41) is 11.9. The Hall–Kier alpha value is -1.34. The van der Waals surface area contributed by atoms with Crippen LogP contribution in [0.5, 0.6) is 0 Å². The van der Waals surface area contributed by atoms with Gasteiger partial charge in [0.05, 0.1) is 25.7 Å². The van der Waals surface area contributed by atoms with E-state index < -0.39 is 5.97 Å². The molecule has 0 aromatic rings. The summed E-state index contributed by atoms with van der Waals surface area (Å²) in [6.07, 6.45) is 5.32. The molecule has 0 aromatic heterocycles. The molecule has 7 heteroatoms. The fraction of sp³-hybridized carbons (Fsp3) is 0.882. The van der Waals surface area contributed by atoms with Crippen LogP contribution < -0.4 is 5.32 Å². The first-order valence-corrected chi connectivity index (χ1v) is 9.16. The first-order valence-electron chi connectivity index (χ1n) is 9.16. The molecule has 1 aliphatic carbocycles. The Morgan fingerprint density at radius 1 is 1.25 bits per heavy atom. The number of unbranched alkanes of at least 4 members (excludes halogenated alkanes) is 2. The maximum Gasteiger partial charge on any atom is 0.317 e. The van der Waals surface area contributed by atoms with Crippen LogP contribution in [0.2, 0.25) is 0 Å². The van der Waals surface area contributed by atoms with Crippen LogP contribution in [-0.2, 0) is 9.53 Å². The Balaban J connectivity index is 1.56. The Labute approximate surface area is 144 Å². The van der Waals surface area contributed by atoms with Gasteiger partial charge in [-0.25, -0.2) is 4.79 Å². The number of hydrogen-bond donors (Lipinski definition) is 2. The predicted octanol–water partition coefficient (Wildman–Crippen LogP) is 1.52. The molecule has 1 aliphatic heterocycles. The molecule has 0 unspecified atom stereocenters. The monoisotopic (exact) mass is 341 g/mol. The van der Waals surface area contributed by atoms with Gasteiger partial charge in [0, 0.05) is 18.7 Å². The molecule has 24 heavy (non-hydrogen) atoms. The van der Waals surface area contributed by atoms with E-state index in [2.05, 4.69) is 12.2 Å². The van der Waals surface area contributed by atoms with Crippen molar-refractivity contribution in [1.82, 2.24) is 15.1 Å². The highest BCUT2D eigenvalue weighted by atomic mass is 16.5. The number of urea groups is 1. The van der Waals surface area contributed by atoms with Crippen molar-refractivity contribution in [1.29, 1.82) is 0 Å². The fourth-order valence-electron chi connectivity index (χ4n) is 3.25. The number of carboxylic acid groups (broad SMARTS) is 1. The number of rotatable bonds is 10. The van der Waals surface area contributed by atoms with Crippen molar-refractivity contribution >= 4 is 12.0 Å².